The first-order valence-electron chi connectivity index (χ1n) is 7.36. The summed E-state index contributed by atoms with van der Waals surface area (Å²) in [6.45, 7) is 5.98. The SMILES string of the molecule is CC(CP(C)(=O)N1CC1)C1=CC(N(C)C)=C(C#N)C=CC1. The van der Waals surface area contributed by atoms with Crippen molar-refractivity contribution in [3.05, 3.63) is 35.1 Å². The third kappa shape index (κ3) is 3.87. The van der Waals surface area contributed by atoms with Crippen LogP contribution in [0.25, 0.3) is 0 Å². The van der Waals surface area contributed by atoms with Gasteiger partial charge in [-0.3, -0.25) is 4.67 Å². The highest BCUT2D eigenvalue weighted by Gasteiger charge is 2.35. The molecular weight excluding hydrogens is 281 g/mol. The highest BCUT2D eigenvalue weighted by molar-refractivity contribution is 7.61. The molecule has 0 radical (unpaired) electrons. The number of hydrogen-bond donors (Lipinski definition) is 0. The fourth-order valence-corrected chi connectivity index (χ4v) is 5.14. The van der Waals surface area contributed by atoms with Crippen LogP contribution in [-0.4, -0.2) is 49.6 Å². The fraction of sp³-hybridized carbons (Fsp3) is 0.562. The molecule has 21 heavy (non-hydrogen) atoms. The van der Waals surface area contributed by atoms with E-state index in [-0.39, 0.29) is 5.92 Å². The Balaban J connectivity index is 2.23. The average molecular weight is 305 g/mol. The van der Waals surface area contributed by atoms with Crippen molar-refractivity contribution < 1.29 is 4.57 Å². The van der Waals surface area contributed by atoms with Crippen LogP contribution in [0.3, 0.4) is 0 Å². The first-order chi connectivity index (χ1) is 9.85. The summed E-state index contributed by atoms with van der Waals surface area (Å²) in [7, 11) is 1.72. The maximum Gasteiger partial charge on any atom is 0.148 e. The maximum absolute atomic E-state index is 12.7. The second-order valence-corrected chi connectivity index (χ2v) is 9.25. The summed E-state index contributed by atoms with van der Waals surface area (Å²) < 4.78 is 14.7. The minimum Gasteiger partial charge on any atom is -0.377 e. The van der Waals surface area contributed by atoms with Crippen LogP contribution in [0.1, 0.15) is 13.3 Å². The van der Waals surface area contributed by atoms with Crippen LogP contribution in [0.4, 0.5) is 0 Å². The largest absolute Gasteiger partial charge is 0.377 e. The molecule has 1 fully saturated rings. The monoisotopic (exact) mass is 305 g/mol. The molecule has 5 heteroatoms. The molecule has 114 valence electrons. The Morgan fingerprint density at radius 2 is 2.14 bits per heavy atom. The second-order valence-electron chi connectivity index (χ2n) is 6.22. The minimum atomic E-state index is -2.18. The first kappa shape index (κ1) is 16.1. The molecule has 2 unspecified atom stereocenters. The molecule has 2 aliphatic rings. The summed E-state index contributed by atoms with van der Waals surface area (Å²) in [5, 5.41) is 9.26. The van der Waals surface area contributed by atoms with Crippen LogP contribution in [0.5, 0.6) is 0 Å². The standard InChI is InChI=1S/C16H24N3OP/c1-13(12-21(4,20)19-8-9-19)14-6-5-7-15(11-17)16(10-14)18(2)3/h5,7,10,13H,6,8-9,12H2,1-4H3. The Hall–Kier alpha value is -1.30. The van der Waals surface area contributed by atoms with E-state index in [0.29, 0.717) is 5.57 Å². The minimum absolute atomic E-state index is 0.263. The van der Waals surface area contributed by atoms with E-state index in [0.717, 1.165) is 31.4 Å². The number of allylic oxidation sites excluding steroid dienone is 5. The van der Waals surface area contributed by atoms with E-state index >= 15 is 0 Å². The van der Waals surface area contributed by atoms with Crippen LogP contribution < -0.4 is 0 Å². The lowest BCUT2D eigenvalue weighted by Crippen LogP contribution is -2.14. The Kier molecular flexibility index (Phi) is 4.76. The van der Waals surface area contributed by atoms with Crippen LogP contribution >= 0.6 is 7.29 Å². The molecular formula is C16H24N3OP. The molecule has 1 heterocycles. The Labute approximate surface area is 127 Å². The first-order valence-corrected chi connectivity index (χ1v) is 9.65. The van der Waals surface area contributed by atoms with Gasteiger partial charge in [-0.2, -0.15) is 5.26 Å². The third-order valence-electron chi connectivity index (χ3n) is 4.11. The van der Waals surface area contributed by atoms with Crippen LogP contribution in [0.15, 0.2) is 35.1 Å². The van der Waals surface area contributed by atoms with Gasteiger partial charge in [0.25, 0.3) is 0 Å². The normalized spacial score (nSPS) is 22.9. The predicted octanol–water partition coefficient (Wildman–Crippen LogP) is 3.07. The fourth-order valence-electron chi connectivity index (χ4n) is 2.73. The number of hydrogen-bond acceptors (Lipinski definition) is 3. The van der Waals surface area contributed by atoms with Gasteiger partial charge in [0.1, 0.15) is 13.4 Å². The molecule has 0 spiro atoms. The van der Waals surface area contributed by atoms with Gasteiger partial charge in [0.15, 0.2) is 0 Å². The van der Waals surface area contributed by atoms with Crippen molar-refractivity contribution in [2.75, 3.05) is 40.0 Å². The molecule has 0 bridgehead atoms. The van der Waals surface area contributed by atoms with Gasteiger partial charge in [-0.05, 0) is 24.5 Å². The molecule has 0 aromatic heterocycles. The number of nitrogens with zero attached hydrogens (tertiary/aromatic N) is 3. The lowest BCUT2D eigenvalue weighted by atomic mass is 9.99. The zero-order valence-electron chi connectivity index (χ0n) is 13.3. The zero-order chi connectivity index (χ0) is 15.6. The lowest BCUT2D eigenvalue weighted by Gasteiger charge is -2.22. The summed E-state index contributed by atoms with van der Waals surface area (Å²) in [5.41, 5.74) is 2.88. The highest BCUT2D eigenvalue weighted by Crippen LogP contribution is 2.52. The summed E-state index contributed by atoms with van der Waals surface area (Å²) in [5.74, 6) is 0.263. The molecule has 0 saturated carbocycles. The van der Waals surface area contributed by atoms with Crippen molar-refractivity contribution in [3.8, 4) is 6.07 Å². The van der Waals surface area contributed by atoms with Gasteiger partial charge in [-0.1, -0.05) is 18.6 Å². The molecule has 1 aliphatic heterocycles. The summed E-state index contributed by atoms with van der Waals surface area (Å²) in [6, 6.07) is 2.25. The van der Waals surface area contributed by atoms with Gasteiger partial charge in [0.2, 0.25) is 0 Å². The maximum atomic E-state index is 12.7. The topological polar surface area (TPSA) is 47.1 Å². The van der Waals surface area contributed by atoms with Gasteiger partial charge < -0.3 is 9.46 Å². The Bertz CT molecular complexity index is 591. The van der Waals surface area contributed by atoms with E-state index in [9.17, 15) is 9.83 Å². The highest BCUT2D eigenvalue weighted by atomic mass is 31.2. The molecule has 2 rings (SSSR count). The zero-order valence-corrected chi connectivity index (χ0v) is 14.2. The van der Waals surface area contributed by atoms with Gasteiger partial charge in [0, 0.05) is 40.0 Å². The molecule has 0 aromatic carbocycles. The van der Waals surface area contributed by atoms with E-state index in [1.165, 1.54) is 5.57 Å². The molecule has 1 aliphatic carbocycles. The van der Waals surface area contributed by atoms with Crippen LogP contribution in [-0.2, 0) is 4.57 Å². The van der Waals surface area contributed by atoms with E-state index in [2.05, 4.69) is 23.7 Å². The smallest absolute Gasteiger partial charge is 0.148 e. The predicted molar refractivity (Wildman–Crippen MR) is 87.3 cm³/mol. The third-order valence-corrected chi connectivity index (χ3v) is 6.93. The molecule has 4 nitrogen and oxygen atoms in total. The van der Waals surface area contributed by atoms with Gasteiger partial charge in [0.05, 0.1) is 11.3 Å². The molecule has 1 saturated heterocycles. The summed E-state index contributed by atoms with van der Waals surface area (Å²) in [6.07, 6.45) is 7.57. The lowest BCUT2D eigenvalue weighted by molar-refractivity contribution is 0.524. The van der Waals surface area contributed by atoms with E-state index in [1.807, 2.05) is 37.8 Å². The van der Waals surface area contributed by atoms with Crippen molar-refractivity contribution in [3.63, 3.8) is 0 Å². The number of nitriles is 1. The Morgan fingerprint density at radius 1 is 1.48 bits per heavy atom. The van der Waals surface area contributed by atoms with E-state index < -0.39 is 7.29 Å². The quantitative estimate of drug-likeness (QED) is 0.578. The average Bonchev–Trinajstić information content (AvgIpc) is 3.23. The van der Waals surface area contributed by atoms with Crippen molar-refractivity contribution in [2.24, 2.45) is 5.92 Å². The van der Waals surface area contributed by atoms with E-state index in [1.54, 1.807) is 0 Å². The van der Waals surface area contributed by atoms with Crippen LogP contribution in [0.2, 0.25) is 0 Å². The van der Waals surface area contributed by atoms with E-state index in [4.69, 9.17) is 0 Å². The van der Waals surface area contributed by atoms with Crippen molar-refractivity contribution in [1.82, 2.24) is 9.57 Å². The van der Waals surface area contributed by atoms with Gasteiger partial charge in [-0.15, -0.1) is 0 Å². The second kappa shape index (κ2) is 6.22. The molecule has 0 N–H and O–H groups in total. The molecule has 0 aromatic rings. The Morgan fingerprint density at radius 3 is 2.67 bits per heavy atom. The van der Waals surface area contributed by atoms with Gasteiger partial charge >= 0.3 is 0 Å². The van der Waals surface area contributed by atoms with Crippen molar-refractivity contribution in [2.45, 2.75) is 13.3 Å². The van der Waals surface area contributed by atoms with Crippen LogP contribution in [0, 0.1) is 17.2 Å². The summed E-state index contributed by atoms with van der Waals surface area (Å²) >= 11 is 0. The molecule has 0 amide bonds. The van der Waals surface area contributed by atoms with Gasteiger partial charge in [-0.25, -0.2) is 0 Å². The number of rotatable bonds is 5. The summed E-state index contributed by atoms with van der Waals surface area (Å²) in [4.78, 5) is 1.97. The number of likely N-dealkylation sites (N-methyl/N-ethyl adjacent to an activating group) is 1. The molecule has 2 atom stereocenters. The van der Waals surface area contributed by atoms with Crippen molar-refractivity contribution in [1.29, 1.82) is 5.26 Å². The van der Waals surface area contributed by atoms with Crippen molar-refractivity contribution >= 4 is 7.29 Å².